The van der Waals surface area contributed by atoms with Crippen LogP contribution in [0.2, 0.25) is 0 Å². The second-order valence-electron chi connectivity index (χ2n) is 10.6. The largest absolute Gasteiger partial charge is 0.427 e. The number of halogens is 2. The van der Waals surface area contributed by atoms with Crippen LogP contribution in [0.3, 0.4) is 0 Å². The Morgan fingerprint density at radius 1 is 0.511 bits per heavy atom. The number of rotatable bonds is 14. The third-order valence-electron chi connectivity index (χ3n) is 7.28. The van der Waals surface area contributed by atoms with E-state index in [1.54, 1.807) is 72.8 Å². The molecule has 0 saturated carbocycles. The fourth-order valence-corrected chi connectivity index (χ4v) is 4.79. The summed E-state index contributed by atoms with van der Waals surface area (Å²) < 4.78 is 38.6. The number of ether oxygens (including phenoxy) is 2. The second kappa shape index (κ2) is 16.5. The Morgan fingerprint density at radius 2 is 0.844 bits per heavy atom. The molecule has 0 bridgehead atoms. The maximum absolute atomic E-state index is 13.9. The SMILES string of the molecule is N#Cc1ccc(-c2ccc(OC(=O)CCCCCCCCCC(=O)Oc3ccc(-c4ccc(C#N)c(F)c4)cc3)cc2)cc1F. The van der Waals surface area contributed by atoms with E-state index in [1.165, 1.54) is 24.3 Å². The van der Waals surface area contributed by atoms with E-state index in [0.29, 0.717) is 35.5 Å². The zero-order chi connectivity index (χ0) is 32.0. The monoisotopic (exact) mass is 606 g/mol. The topological polar surface area (TPSA) is 100 Å². The van der Waals surface area contributed by atoms with Crippen LogP contribution in [0.5, 0.6) is 11.5 Å². The third-order valence-corrected chi connectivity index (χ3v) is 7.28. The molecule has 0 aliphatic heterocycles. The van der Waals surface area contributed by atoms with Gasteiger partial charge in [0, 0.05) is 12.8 Å². The minimum absolute atomic E-state index is 0.00875. The first kappa shape index (κ1) is 32.6. The molecule has 0 amide bonds. The molecule has 0 aliphatic rings. The number of benzene rings is 4. The minimum atomic E-state index is -0.576. The van der Waals surface area contributed by atoms with Crippen molar-refractivity contribution in [1.82, 2.24) is 0 Å². The molecule has 4 aromatic carbocycles. The Morgan fingerprint density at radius 3 is 1.18 bits per heavy atom. The van der Waals surface area contributed by atoms with Crippen LogP contribution in [0.15, 0.2) is 84.9 Å². The summed E-state index contributed by atoms with van der Waals surface area (Å²) in [7, 11) is 0. The predicted molar refractivity (Wildman–Crippen MR) is 166 cm³/mol. The van der Waals surface area contributed by atoms with E-state index >= 15 is 0 Å². The van der Waals surface area contributed by atoms with Crippen LogP contribution in [0.25, 0.3) is 22.3 Å². The van der Waals surface area contributed by atoms with Gasteiger partial charge in [0.2, 0.25) is 0 Å². The average molecular weight is 607 g/mol. The molecule has 228 valence electrons. The number of nitriles is 2. The highest BCUT2D eigenvalue weighted by molar-refractivity contribution is 5.74. The van der Waals surface area contributed by atoms with Gasteiger partial charge in [0.1, 0.15) is 35.3 Å². The molecule has 0 unspecified atom stereocenters. The van der Waals surface area contributed by atoms with Crippen molar-refractivity contribution in [3.8, 4) is 45.9 Å². The summed E-state index contributed by atoms with van der Waals surface area (Å²) in [5.41, 5.74) is 2.75. The maximum Gasteiger partial charge on any atom is 0.311 e. The lowest BCUT2D eigenvalue weighted by atomic mass is 10.0. The fourth-order valence-electron chi connectivity index (χ4n) is 4.79. The summed E-state index contributed by atoms with van der Waals surface area (Å²) in [5, 5.41) is 17.7. The standard InChI is InChI=1S/C37H32F2N2O4/c38-34-22-28(10-12-30(34)24-40)26-14-18-32(19-15-26)44-36(42)8-6-4-2-1-3-5-7-9-37(43)45-33-20-16-27(17-21-33)29-11-13-31(25-41)35(39)23-29/h10-23H,1-9H2. The molecule has 0 heterocycles. The number of carbonyl (C=O) groups excluding carboxylic acids is 2. The van der Waals surface area contributed by atoms with E-state index in [2.05, 4.69) is 0 Å². The van der Waals surface area contributed by atoms with Gasteiger partial charge in [0.25, 0.3) is 0 Å². The lowest BCUT2D eigenvalue weighted by Gasteiger charge is -2.07. The van der Waals surface area contributed by atoms with E-state index in [9.17, 15) is 18.4 Å². The molecular weight excluding hydrogens is 574 g/mol. The maximum atomic E-state index is 13.9. The molecule has 45 heavy (non-hydrogen) atoms. The van der Waals surface area contributed by atoms with E-state index in [1.807, 2.05) is 0 Å². The number of unbranched alkanes of at least 4 members (excludes halogenated alkanes) is 6. The highest BCUT2D eigenvalue weighted by Gasteiger charge is 2.09. The highest BCUT2D eigenvalue weighted by atomic mass is 19.1. The number of esters is 2. The highest BCUT2D eigenvalue weighted by Crippen LogP contribution is 2.26. The molecule has 0 saturated heterocycles. The van der Waals surface area contributed by atoms with Crippen LogP contribution in [-0.4, -0.2) is 11.9 Å². The van der Waals surface area contributed by atoms with E-state index in [-0.39, 0.29) is 23.1 Å². The van der Waals surface area contributed by atoms with Gasteiger partial charge in [-0.05, 0) is 83.6 Å². The first-order chi connectivity index (χ1) is 21.9. The van der Waals surface area contributed by atoms with Crippen molar-refractivity contribution < 1.29 is 27.8 Å². The van der Waals surface area contributed by atoms with Gasteiger partial charge >= 0.3 is 11.9 Å². The van der Waals surface area contributed by atoms with Crippen molar-refractivity contribution in [3.05, 3.63) is 108 Å². The number of hydrogen-bond donors (Lipinski definition) is 0. The normalized spacial score (nSPS) is 10.5. The van der Waals surface area contributed by atoms with Crippen LogP contribution in [0.1, 0.15) is 68.9 Å². The molecule has 0 radical (unpaired) electrons. The lowest BCUT2D eigenvalue weighted by molar-refractivity contribution is -0.135. The zero-order valence-electron chi connectivity index (χ0n) is 24.7. The first-order valence-electron chi connectivity index (χ1n) is 14.9. The number of carbonyl (C=O) groups is 2. The molecule has 0 aliphatic carbocycles. The van der Waals surface area contributed by atoms with E-state index in [0.717, 1.165) is 56.1 Å². The third kappa shape index (κ3) is 9.84. The van der Waals surface area contributed by atoms with Crippen molar-refractivity contribution in [2.75, 3.05) is 0 Å². The van der Waals surface area contributed by atoms with Crippen LogP contribution in [0, 0.1) is 34.3 Å². The summed E-state index contributed by atoms with van der Waals surface area (Å²) in [4.78, 5) is 24.4. The summed E-state index contributed by atoms with van der Waals surface area (Å²) in [5.74, 6) is -0.908. The van der Waals surface area contributed by atoms with Crippen molar-refractivity contribution in [3.63, 3.8) is 0 Å². The molecule has 0 fully saturated rings. The van der Waals surface area contributed by atoms with Gasteiger partial charge in [-0.25, -0.2) is 8.78 Å². The molecule has 0 N–H and O–H groups in total. The predicted octanol–water partition coefficient (Wildman–Crippen LogP) is 9.06. The van der Waals surface area contributed by atoms with Gasteiger partial charge in [-0.3, -0.25) is 9.59 Å². The smallest absolute Gasteiger partial charge is 0.311 e. The number of nitrogens with zero attached hydrogens (tertiary/aromatic N) is 2. The Labute approximate surface area is 261 Å². The van der Waals surface area contributed by atoms with Crippen molar-refractivity contribution in [2.45, 2.75) is 57.8 Å². The molecule has 8 heteroatoms. The summed E-state index contributed by atoms with van der Waals surface area (Å²) in [6.45, 7) is 0. The summed E-state index contributed by atoms with van der Waals surface area (Å²) in [6.07, 6.45) is 6.90. The molecular formula is C37H32F2N2O4. The van der Waals surface area contributed by atoms with Gasteiger partial charge in [-0.2, -0.15) is 10.5 Å². The Hall–Kier alpha value is -5.34. The number of hydrogen-bond acceptors (Lipinski definition) is 6. The molecule has 0 atom stereocenters. The van der Waals surface area contributed by atoms with Crippen molar-refractivity contribution in [1.29, 1.82) is 10.5 Å². The molecule has 4 aromatic rings. The van der Waals surface area contributed by atoms with Gasteiger partial charge < -0.3 is 9.47 Å². The quantitative estimate of drug-likeness (QED) is 0.0806. The summed E-state index contributed by atoms with van der Waals surface area (Å²) in [6, 6.07) is 26.0. The average Bonchev–Trinajstić information content (AvgIpc) is 3.04. The molecule has 6 nitrogen and oxygen atoms in total. The van der Waals surface area contributed by atoms with Crippen LogP contribution in [-0.2, 0) is 9.59 Å². The minimum Gasteiger partial charge on any atom is -0.427 e. The van der Waals surface area contributed by atoms with Gasteiger partial charge in [0.15, 0.2) is 0 Å². The Kier molecular flexibility index (Phi) is 11.9. The molecule has 0 aromatic heterocycles. The van der Waals surface area contributed by atoms with E-state index in [4.69, 9.17) is 20.0 Å². The first-order valence-corrected chi connectivity index (χ1v) is 14.9. The Bertz CT molecular complexity index is 1580. The molecule has 0 spiro atoms. The van der Waals surface area contributed by atoms with Crippen LogP contribution < -0.4 is 9.47 Å². The van der Waals surface area contributed by atoms with Crippen LogP contribution in [0.4, 0.5) is 8.78 Å². The van der Waals surface area contributed by atoms with Crippen molar-refractivity contribution in [2.24, 2.45) is 0 Å². The fraction of sp³-hybridized carbons (Fsp3) is 0.243. The summed E-state index contributed by atoms with van der Waals surface area (Å²) >= 11 is 0. The Balaban J connectivity index is 1.04. The zero-order valence-corrected chi connectivity index (χ0v) is 24.7. The lowest BCUT2D eigenvalue weighted by Crippen LogP contribution is -2.07. The van der Waals surface area contributed by atoms with Gasteiger partial charge in [-0.15, -0.1) is 0 Å². The van der Waals surface area contributed by atoms with Crippen molar-refractivity contribution >= 4 is 11.9 Å². The molecule has 4 rings (SSSR count). The van der Waals surface area contributed by atoms with E-state index < -0.39 is 11.6 Å². The van der Waals surface area contributed by atoms with Gasteiger partial charge in [0.05, 0.1) is 11.1 Å². The van der Waals surface area contributed by atoms with Crippen LogP contribution >= 0.6 is 0 Å². The van der Waals surface area contributed by atoms with Gasteiger partial charge in [-0.1, -0.05) is 68.5 Å². The second-order valence-corrected chi connectivity index (χ2v) is 10.6.